The molecule has 1 N–H and O–H groups in total. The van der Waals surface area contributed by atoms with Gasteiger partial charge in [0, 0.05) is 18.6 Å². The first-order chi connectivity index (χ1) is 11.0. The fraction of sp³-hybridized carbons (Fsp3) is 0.235. The van der Waals surface area contributed by atoms with E-state index in [1.54, 1.807) is 0 Å². The van der Waals surface area contributed by atoms with E-state index >= 15 is 0 Å². The Balaban J connectivity index is 1.96. The number of nitrogens with one attached hydrogen (secondary N) is 1. The Labute approximate surface area is 139 Å². The third-order valence-electron chi connectivity index (χ3n) is 3.51. The summed E-state index contributed by atoms with van der Waals surface area (Å²) in [6, 6.07) is 12.1. The minimum absolute atomic E-state index is 0.111. The summed E-state index contributed by atoms with van der Waals surface area (Å²) in [5, 5.41) is 13.7. The summed E-state index contributed by atoms with van der Waals surface area (Å²) >= 11 is 5.96. The molecule has 2 rings (SSSR count). The van der Waals surface area contributed by atoms with Crippen LogP contribution in [0.1, 0.15) is 24.5 Å². The maximum atomic E-state index is 12.0. The van der Waals surface area contributed by atoms with Gasteiger partial charge >= 0.3 is 0 Å². The van der Waals surface area contributed by atoms with Crippen LogP contribution in [0.2, 0.25) is 5.02 Å². The largest absolute Gasteiger partial charge is 0.325 e. The number of aryl methyl sites for hydroxylation is 2. The summed E-state index contributed by atoms with van der Waals surface area (Å²) in [5.74, 6) is -0.230. The van der Waals surface area contributed by atoms with E-state index in [1.807, 2.05) is 24.3 Å². The van der Waals surface area contributed by atoms with Crippen molar-refractivity contribution in [1.29, 1.82) is 0 Å². The second kappa shape index (κ2) is 7.74. The number of non-ortho nitro benzene ring substituents is 1. The van der Waals surface area contributed by atoms with Crippen LogP contribution < -0.4 is 5.32 Å². The summed E-state index contributed by atoms with van der Waals surface area (Å²) < 4.78 is 0. The second-order valence-electron chi connectivity index (χ2n) is 5.14. The molecular weight excluding hydrogens is 316 g/mol. The van der Waals surface area contributed by atoms with Gasteiger partial charge in [0.05, 0.1) is 15.6 Å². The molecule has 0 aliphatic rings. The number of nitro benzene ring substituents is 1. The molecule has 0 spiro atoms. The van der Waals surface area contributed by atoms with Crippen molar-refractivity contribution in [2.45, 2.75) is 26.2 Å². The molecule has 120 valence electrons. The molecule has 0 bridgehead atoms. The summed E-state index contributed by atoms with van der Waals surface area (Å²) in [5.41, 5.74) is 2.47. The highest BCUT2D eigenvalue weighted by Crippen LogP contribution is 2.26. The Morgan fingerprint density at radius 2 is 1.83 bits per heavy atom. The molecule has 0 aliphatic carbocycles. The zero-order valence-electron chi connectivity index (χ0n) is 12.7. The number of hydrogen-bond donors (Lipinski definition) is 1. The average molecular weight is 333 g/mol. The van der Waals surface area contributed by atoms with Gasteiger partial charge in [-0.1, -0.05) is 42.8 Å². The standard InChI is InChI=1S/C17H17ClN2O3/c1-2-12-3-5-13(6-4-12)7-10-17(21)19-16-11-14(20(22)23)8-9-15(16)18/h3-6,8-9,11H,2,7,10H2,1H3,(H,19,21). The van der Waals surface area contributed by atoms with Crippen molar-refractivity contribution in [2.75, 3.05) is 5.32 Å². The monoisotopic (exact) mass is 332 g/mol. The predicted molar refractivity (Wildman–Crippen MR) is 90.9 cm³/mol. The lowest BCUT2D eigenvalue weighted by atomic mass is 10.1. The molecule has 0 radical (unpaired) electrons. The van der Waals surface area contributed by atoms with Gasteiger partial charge in [0.15, 0.2) is 0 Å². The van der Waals surface area contributed by atoms with E-state index in [-0.39, 0.29) is 28.7 Å². The van der Waals surface area contributed by atoms with Crippen molar-refractivity contribution in [3.8, 4) is 0 Å². The Morgan fingerprint density at radius 1 is 1.17 bits per heavy atom. The minimum Gasteiger partial charge on any atom is -0.325 e. The van der Waals surface area contributed by atoms with Gasteiger partial charge in [0.1, 0.15) is 0 Å². The van der Waals surface area contributed by atoms with Gasteiger partial charge in [0.2, 0.25) is 5.91 Å². The van der Waals surface area contributed by atoms with Crippen molar-refractivity contribution in [2.24, 2.45) is 0 Å². The molecule has 0 fully saturated rings. The van der Waals surface area contributed by atoms with Gasteiger partial charge in [-0.05, 0) is 30.0 Å². The van der Waals surface area contributed by atoms with Crippen LogP contribution in [0.25, 0.3) is 0 Å². The van der Waals surface area contributed by atoms with Crippen LogP contribution in [0.15, 0.2) is 42.5 Å². The number of nitrogens with zero attached hydrogens (tertiary/aromatic N) is 1. The van der Waals surface area contributed by atoms with Crippen LogP contribution in [0, 0.1) is 10.1 Å². The van der Waals surface area contributed by atoms with Crippen molar-refractivity contribution in [1.82, 2.24) is 0 Å². The molecule has 0 atom stereocenters. The van der Waals surface area contributed by atoms with E-state index in [0.29, 0.717) is 6.42 Å². The molecular formula is C17H17ClN2O3. The lowest BCUT2D eigenvalue weighted by Gasteiger charge is -2.07. The zero-order chi connectivity index (χ0) is 16.8. The number of hydrogen-bond acceptors (Lipinski definition) is 3. The summed E-state index contributed by atoms with van der Waals surface area (Å²) in [7, 11) is 0. The van der Waals surface area contributed by atoms with Crippen molar-refractivity contribution < 1.29 is 9.72 Å². The molecule has 0 unspecified atom stereocenters. The van der Waals surface area contributed by atoms with E-state index in [1.165, 1.54) is 23.8 Å². The smallest absolute Gasteiger partial charge is 0.271 e. The van der Waals surface area contributed by atoms with Gasteiger partial charge < -0.3 is 5.32 Å². The normalized spacial score (nSPS) is 10.3. The number of halogens is 1. The van der Waals surface area contributed by atoms with Gasteiger partial charge in [-0.3, -0.25) is 14.9 Å². The number of amides is 1. The van der Waals surface area contributed by atoms with Crippen LogP contribution in [-0.4, -0.2) is 10.8 Å². The van der Waals surface area contributed by atoms with E-state index in [0.717, 1.165) is 12.0 Å². The predicted octanol–water partition coefficient (Wildman–Crippen LogP) is 4.38. The molecule has 23 heavy (non-hydrogen) atoms. The third-order valence-corrected chi connectivity index (χ3v) is 3.84. The molecule has 0 heterocycles. The molecule has 1 amide bonds. The lowest BCUT2D eigenvalue weighted by Crippen LogP contribution is -2.12. The molecule has 0 saturated carbocycles. The van der Waals surface area contributed by atoms with Crippen LogP contribution >= 0.6 is 11.6 Å². The second-order valence-corrected chi connectivity index (χ2v) is 5.55. The van der Waals surface area contributed by atoms with E-state index in [4.69, 9.17) is 11.6 Å². The van der Waals surface area contributed by atoms with Crippen LogP contribution in [0.3, 0.4) is 0 Å². The van der Waals surface area contributed by atoms with Crippen molar-refractivity contribution in [3.05, 3.63) is 68.7 Å². The van der Waals surface area contributed by atoms with Crippen molar-refractivity contribution in [3.63, 3.8) is 0 Å². The van der Waals surface area contributed by atoms with Crippen LogP contribution in [0.4, 0.5) is 11.4 Å². The summed E-state index contributed by atoms with van der Waals surface area (Å²) in [6.45, 7) is 2.09. The van der Waals surface area contributed by atoms with Gasteiger partial charge in [-0.25, -0.2) is 0 Å². The first-order valence-corrected chi connectivity index (χ1v) is 7.69. The number of nitro groups is 1. The molecule has 0 aromatic heterocycles. The maximum Gasteiger partial charge on any atom is 0.271 e. The van der Waals surface area contributed by atoms with Gasteiger partial charge in [0.25, 0.3) is 5.69 Å². The Kier molecular flexibility index (Phi) is 5.71. The van der Waals surface area contributed by atoms with Crippen molar-refractivity contribution >= 4 is 28.9 Å². The van der Waals surface area contributed by atoms with E-state index < -0.39 is 4.92 Å². The minimum atomic E-state index is -0.527. The molecule has 6 heteroatoms. The van der Waals surface area contributed by atoms with Crippen LogP contribution in [0.5, 0.6) is 0 Å². The first kappa shape index (κ1) is 17.0. The highest BCUT2D eigenvalue weighted by molar-refractivity contribution is 6.33. The summed E-state index contributed by atoms with van der Waals surface area (Å²) in [6.07, 6.45) is 1.86. The highest BCUT2D eigenvalue weighted by atomic mass is 35.5. The molecule has 0 aliphatic heterocycles. The average Bonchev–Trinajstić information content (AvgIpc) is 2.55. The van der Waals surface area contributed by atoms with Gasteiger partial charge in [-0.15, -0.1) is 0 Å². The Morgan fingerprint density at radius 3 is 2.43 bits per heavy atom. The van der Waals surface area contributed by atoms with Crippen LogP contribution in [-0.2, 0) is 17.6 Å². The maximum absolute atomic E-state index is 12.0. The molecule has 0 saturated heterocycles. The number of carbonyl (C=O) groups excluding carboxylic acids is 1. The number of carbonyl (C=O) groups is 1. The molecule has 5 nitrogen and oxygen atoms in total. The number of anilines is 1. The number of benzene rings is 2. The highest BCUT2D eigenvalue weighted by Gasteiger charge is 2.12. The van der Waals surface area contributed by atoms with E-state index in [9.17, 15) is 14.9 Å². The molecule has 2 aromatic rings. The SMILES string of the molecule is CCc1ccc(CCC(=O)Nc2cc([N+](=O)[O-])ccc2Cl)cc1. The Bertz CT molecular complexity index is 714. The lowest BCUT2D eigenvalue weighted by molar-refractivity contribution is -0.384. The molecule has 2 aromatic carbocycles. The van der Waals surface area contributed by atoms with Gasteiger partial charge in [-0.2, -0.15) is 0 Å². The summed E-state index contributed by atoms with van der Waals surface area (Å²) in [4.78, 5) is 22.2. The fourth-order valence-corrected chi connectivity index (χ4v) is 2.30. The Hall–Kier alpha value is -2.40. The topological polar surface area (TPSA) is 72.2 Å². The fourth-order valence-electron chi connectivity index (χ4n) is 2.13. The van der Waals surface area contributed by atoms with E-state index in [2.05, 4.69) is 12.2 Å². The number of rotatable bonds is 6. The third kappa shape index (κ3) is 4.79. The zero-order valence-corrected chi connectivity index (χ0v) is 13.5. The first-order valence-electron chi connectivity index (χ1n) is 7.31. The quantitative estimate of drug-likeness (QED) is 0.630.